The van der Waals surface area contributed by atoms with Gasteiger partial charge in [-0.2, -0.15) is 0 Å². The lowest BCUT2D eigenvalue weighted by atomic mass is 9.90. The molecule has 0 radical (unpaired) electrons. The summed E-state index contributed by atoms with van der Waals surface area (Å²) in [5, 5.41) is 3.73. The molecule has 1 aromatic rings. The molecule has 2 heterocycles. The smallest absolute Gasteiger partial charge is 0.0652 e. The molecule has 2 saturated heterocycles. The SMILES string of the molecule is Brc1ccc(CC23CCC(COC2)N3)cc1. The number of benzene rings is 1. The number of hydrogen-bond acceptors (Lipinski definition) is 2. The summed E-state index contributed by atoms with van der Waals surface area (Å²) in [6, 6.07) is 9.21. The molecule has 2 atom stereocenters. The summed E-state index contributed by atoms with van der Waals surface area (Å²) in [5.74, 6) is 0. The molecular formula is C13H16BrNO. The lowest BCUT2D eigenvalue weighted by Crippen LogP contribution is -2.53. The van der Waals surface area contributed by atoms with Gasteiger partial charge < -0.3 is 10.1 Å². The maximum atomic E-state index is 5.68. The molecule has 2 aliphatic rings. The van der Waals surface area contributed by atoms with E-state index in [-0.39, 0.29) is 5.54 Å². The average Bonchev–Trinajstić information content (AvgIpc) is 2.58. The zero-order valence-electron chi connectivity index (χ0n) is 9.21. The van der Waals surface area contributed by atoms with Crippen molar-refractivity contribution in [3.63, 3.8) is 0 Å². The molecular weight excluding hydrogens is 266 g/mol. The number of morpholine rings is 1. The average molecular weight is 282 g/mol. The molecule has 3 rings (SSSR count). The summed E-state index contributed by atoms with van der Waals surface area (Å²) >= 11 is 3.47. The molecule has 0 amide bonds. The standard InChI is InChI=1S/C13H16BrNO/c14-11-3-1-10(2-4-11)7-13-6-5-12(15-13)8-16-9-13/h1-4,12,15H,5-9H2. The van der Waals surface area contributed by atoms with Crippen molar-refractivity contribution in [3.05, 3.63) is 34.3 Å². The molecule has 3 heteroatoms. The van der Waals surface area contributed by atoms with Gasteiger partial charge in [-0.3, -0.25) is 0 Å². The van der Waals surface area contributed by atoms with Crippen LogP contribution in [0, 0.1) is 0 Å². The van der Waals surface area contributed by atoms with Gasteiger partial charge in [0.15, 0.2) is 0 Å². The Morgan fingerprint density at radius 3 is 3.00 bits per heavy atom. The van der Waals surface area contributed by atoms with Gasteiger partial charge in [-0.15, -0.1) is 0 Å². The third-order valence-corrected chi connectivity index (χ3v) is 4.16. The summed E-state index contributed by atoms with van der Waals surface area (Å²) in [4.78, 5) is 0. The van der Waals surface area contributed by atoms with E-state index in [2.05, 4.69) is 45.5 Å². The van der Waals surface area contributed by atoms with Gasteiger partial charge in [0.05, 0.1) is 13.2 Å². The van der Waals surface area contributed by atoms with Crippen LogP contribution in [0.5, 0.6) is 0 Å². The lowest BCUT2D eigenvalue weighted by Gasteiger charge is -2.34. The van der Waals surface area contributed by atoms with Crippen LogP contribution in [0.1, 0.15) is 18.4 Å². The topological polar surface area (TPSA) is 21.3 Å². The fourth-order valence-corrected chi connectivity index (χ4v) is 3.11. The highest BCUT2D eigenvalue weighted by atomic mass is 79.9. The van der Waals surface area contributed by atoms with Crippen molar-refractivity contribution in [2.24, 2.45) is 0 Å². The highest BCUT2D eigenvalue weighted by Gasteiger charge is 2.42. The molecule has 1 N–H and O–H groups in total. The molecule has 0 saturated carbocycles. The van der Waals surface area contributed by atoms with Crippen LogP contribution in [0.4, 0.5) is 0 Å². The highest BCUT2D eigenvalue weighted by molar-refractivity contribution is 9.10. The Hall–Kier alpha value is -0.380. The number of ether oxygens (including phenoxy) is 1. The Bertz CT molecular complexity index is 374. The van der Waals surface area contributed by atoms with Crippen molar-refractivity contribution in [2.75, 3.05) is 13.2 Å². The first-order valence-electron chi connectivity index (χ1n) is 5.86. The van der Waals surface area contributed by atoms with Crippen LogP contribution in [-0.4, -0.2) is 24.8 Å². The van der Waals surface area contributed by atoms with Crippen LogP contribution in [-0.2, 0) is 11.2 Å². The third-order valence-electron chi connectivity index (χ3n) is 3.63. The monoisotopic (exact) mass is 281 g/mol. The van der Waals surface area contributed by atoms with Crippen LogP contribution < -0.4 is 5.32 Å². The minimum absolute atomic E-state index is 0.205. The van der Waals surface area contributed by atoms with Crippen LogP contribution in [0.15, 0.2) is 28.7 Å². The molecule has 0 aliphatic carbocycles. The fourth-order valence-electron chi connectivity index (χ4n) is 2.85. The molecule has 1 aromatic carbocycles. The Morgan fingerprint density at radius 1 is 1.38 bits per heavy atom. The normalized spacial score (nSPS) is 32.9. The molecule has 86 valence electrons. The van der Waals surface area contributed by atoms with E-state index in [0.29, 0.717) is 6.04 Å². The van der Waals surface area contributed by atoms with Gasteiger partial charge in [0.2, 0.25) is 0 Å². The summed E-state index contributed by atoms with van der Waals surface area (Å²) in [6.07, 6.45) is 3.58. The van der Waals surface area contributed by atoms with Gasteiger partial charge in [0, 0.05) is 16.1 Å². The van der Waals surface area contributed by atoms with Gasteiger partial charge >= 0.3 is 0 Å². The first kappa shape index (κ1) is 10.8. The molecule has 2 fully saturated rings. The van der Waals surface area contributed by atoms with Crippen LogP contribution in [0.3, 0.4) is 0 Å². The predicted octanol–water partition coefficient (Wildman–Crippen LogP) is 2.51. The number of halogens is 1. The van der Waals surface area contributed by atoms with Crippen molar-refractivity contribution in [1.82, 2.24) is 5.32 Å². The minimum atomic E-state index is 0.205. The molecule has 2 unspecified atom stereocenters. The number of fused-ring (bicyclic) bond motifs is 2. The number of rotatable bonds is 2. The van der Waals surface area contributed by atoms with E-state index in [1.165, 1.54) is 18.4 Å². The molecule has 0 spiro atoms. The molecule has 2 bridgehead atoms. The quantitative estimate of drug-likeness (QED) is 0.900. The second kappa shape index (κ2) is 4.13. The van der Waals surface area contributed by atoms with Gasteiger partial charge in [-0.1, -0.05) is 28.1 Å². The van der Waals surface area contributed by atoms with Gasteiger partial charge in [-0.05, 0) is 37.0 Å². The van der Waals surface area contributed by atoms with Crippen molar-refractivity contribution in [1.29, 1.82) is 0 Å². The summed E-state index contributed by atoms with van der Waals surface area (Å²) in [6.45, 7) is 1.75. The maximum absolute atomic E-state index is 5.68. The first-order valence-corrected chi connectivity index (χ1v) is 6.65. The van der Waals surface area contributed by atoms with E-state index in [1.807, 2.05) is 0 Å². The molecule has 2 nitrogen and oxygen atoms in total. The maximum Gasteiger partial charge on any atom is 0.0652 e. The largest absolute Gasteiger partial charge is 0.378 e. The van der Waals surface area contributed by atoms with Crippen LogP contribution in [0.2, 0.25) is 0 Å². The Morgan fingerprint density at radius 2 is 2.19 bits per heavy atom. The molecule has 16 heavy (non-hydrogen) atoms. The second-order valence-corrected chi connectivity index (χ2v) is 5.89. The summed E-state index contributed by atoms with van der Waals surface area (Å²) in [7, 11) is 0. The molecule has 2 aliphatic heterocycles. The van der Waals surface area contributed by atoms with Gasteiger partial charge in [-0.25, -0.2) is 0 Å². The van der Waals surface area contributed by atoms with E-state index in [0.717, 1.165) is 24.1 Å². The van der Waals surface area contributed by atoms with E-state index in [1.54, 1.807) is 0 Å². The van der Waals surface area contributed by atoms with Crippen molar-refractivity contribution in [2.45, 2.75) is 30.8 Å². The summed E-state index contributed by atoms with van der Waals surface area (Å²) in [5.41, 5.74) is 1.60. The van der Waals surface area contributed by atoms with E-state index < -0.39 is 0 Å². The fraction of sp³-hybridized carbons (Fsp3) is 0.538. The van der Waals surface area contributed by atoms with Gasteiger partial charge in [0.25, 0.3) is 0 Å². The van der Waals surface area contributed by atoms with Crippen LogP contribution in [0.25, 0.3) is 0 Å². The lowest BCUT2D eigenvalue weighted by molar-refractivity contribution is 0.0305. The Kier molecular flexibility index (Phi) is 2.78. The van der Waals surface area contributed by atoms with E-state index >= 15 is 0 Å². The second-order valence-electron chi connectivity index (χ2n) is 4.98. The third kappa shape index (κ3) is 2.04. The number of hydrogen-bond donors (Lipinski definition) is 1. The highest BCUT2D eigenvalue weighted by Crippen LogP contribution is 2.31. The Balaban J connectivity index is 1.76. The summed E-state index contributed by atoms with van der Waals surface area (Å²) < 4.78 is 6.83. The van der Waals surface area contributed by atoms with Crippen molar-refractivity contribution >= 4 is 15.9 Å². The minimum Gasteiger partial charge on any atom is -0.378 e. The van der Waals surface area contributed by atoms with Crippen molar-refractivity contribution in [3.8, 4) is 0 Å². The van der Waals surface area contributed by atoms with E-state index in [9.17, 15) is 0 Å². The molecule has 0 aromatic heterocycles. The van der Waals surface area contributed by atoms with Crippen molar-refractivity contribution < 1.29 is 4.74 Å². The zero-order chi connectivity index (χ0) is 11.0. The number of nitrogens with one attached hydrogen (secondary N) is 1. The van der Waals surface area contributed by atoms with E-state index in [4.69, 9.17) is 4.74 Å². The predicted molar refractivity (Wildman–Crippen MR) is 67.6 cm³/mol. The van der Waals surface area contributed by atoms with Gasteiger partial charge in [0.1, 0.15) is 0 Å². The van der Waals surface area contributed by atoms with Crippen LogP contribution >= 0.6 is 15.9 Å². The Labute approximate surface area is 105 Å². The zero-order valence-corrected chi connectivity index (χ0v) is 10.8. The first-order chi connectivity index (χ1) is 7.76.